The fraction of sp³-hybridized carbons (Fsp3) is 0.150. The zero-order chi connectivity index (χ0) is 21.1. The Morgan fingerprint density at radius 3 is 2.57 bits per heavy atom. The highest BCUT2D eigenvalue weighted by atomic mass is 32.1. The molecule has 0 atom stereocenters. The number of aromatic nitrogens is 2. The highest BCUT2D eigenvalue weighted by Crippen LogP contribution is 2.31. The minimum atomic E-state index is -4.38. The van der Waals surface area contributed by atoms with Gasteiger partial charge in [-0.25, -0.2) is 9.97 Å². The van der Waals surface area contributed by atoms with Crippen molar-refractivity contribution in [2.24, 2.45) is 0 Å². The molecule has 3 heterocycles. The van der Waals surface area contributed by atoms with Gasteiger partial charge in [0.25, 0.3) is 0 Å². The van der Waals surface area contributed by atoms with Crippen LogP contribution in [0, 0.1) is 0 Å². The van der Waals surface area contributed by atoms with E-state index in [1.165, 1.54) is 41.1 Å². The van der Waals surface area contributed by atoms with Gasteiger partial charge in [0, 0.05) is 10.9 Å². The first-order chi connectivity index (χ1) is 14.4. The number of hydrogen-bond donors (Lipinski definition) is 1. The van der Waals surface area contributed by atoms with E-state index < -0.39 is 11.7 Å². The third-order valence-electron chi connectivity index (χ3n) is 4.10. The average Bonchev–Trinajstić information content (AvgIpc) is 3.47. The van der Waals surface area contributed by atoms with Crippen molar-refractivity contribution < 1.29 is 22.4 Å². The SMILES string of the molecule is O=C(Cc1csc(-c2ccc(C(F)(F)F)cc2)n1)NCc1coc(-c2cccs2)n1. The van der Waals surface area contributed by atoms with E-state index in [4.69, 9.17) is 4.42 Å². The van der Waals surface area contributed by atoms with Gasteiger partial charge in [0.2, 0.25) is 11.8 Å². The number of oxazole rings is 1. The summed E-state index contributed by atoms with van der Waals surface area (Å²) >= 11 is 2.79. The molecule has 30 heavy (non-hydrogen) atoms. The van der Waals surface area contributed by atoms with Crippen LogP contribution in [-0.4, -0.2) is 15.9 Å². The first-order valence-corrected chi connectivity index (χ1v) is 10.5. The van der Waals surface area contributed by atoms with Gasteiger partial charge in [-0.3, -0.25) is 4.79 Å². The van der Waals surface area contributed by atoms with E-state index in [1.807, 2.05) is 17.5 Å². The van der Waals surface area contributed by atoms with Gasteiger partial charge < -0.3 is 9.73 Å². The molecule has 3 aromatic heterocycles. The summed E-state index contributed by atoms with van der Waals surface area (Å²) in [7, 11) is 0. The van der Waals surface area contributed by atoms with Gasteiger partial charge in [0.05, 0.1) is 34.8 Å². The molecule has 1 aromatic carbocycles. The zero-order valence-corrected chi connectivity index (χ0v) is 16.9. The van der Waals surface area contributed by atoms with Crippen molar-refractivity contribution in [2.45, 2.75) is 19.1 Å². The Morgan fingerprint density at radius 2 is 1.87 bits per heavy atom. The lowest BCUT2D eigenvalue weighted by Crippen LogP contribution is -2.24. The van der Waals surface area contributed by atoms with Gasteiger partial charge in [0.1, 0.15) is 11.3 Å². The molecule has 0 saturated heterocycles. The number of thiophene rings is 1. The molecular formula is C20H14F3N3O2S2. The quantitative estimate of drug-likeness (QED) is 0.428. The number of benzene rings is 1. The maximum absolute atomic E-state index is 12.7. The van der Waals surface area contributed by atoms with Gasteiger partial charge in [-0.2, -0.15) is 13.2 Å². The Morgan fingerprint density at radius 1 is 1.07 bits per heavy atom. The maximum atomic E-state index is 12.7. The molecule has 4 aromatic rings. The number of nitrogens with zero attached hydrogens (tertiary/aromatic N) is 2. The number of hydrogen-bond acceptors (Lipinski definition) is 6. The highest BCUT2D eigenvalue weighted by molar-refractivity contribution is 7.13. The number of rotatable bonds is 6. The number of thiazole rings is 1. The molecule has 0 fully saturated rings. The Labute approximate surface area is 177 Å². The van der Waals surface area contributed by atoms with Gasteiger partial charge in [-0.05, 0) is 23.6 Å². The number of amides is 1. The number of carbonyl (C=O) groups excluding carboxylic acids is 1. The van der Waals surface area contributed by atoms with E-state index in [9.17, 15) is 18.0 Å². The molecule has 4 rings (SSSR count). The molecule has 1 amide bonds. The summed E-state index contributed by atoms with van der Waals surface area (Å²) in [6.45, 7) is 0.226. The minimum absolute atomic E-state index is 0.0623. The lowest BCUT2D eigenvalue weighted by Gasteiger charge is -2.06. The smallest absolute Gasteiger partial charge is 0.416 e. The number of halogens is 3. The Hall–Kier alpha value is -2.98. The van der Waals surface area contributed by atoms with Crippen LogP contribution >= 0.6 is 22.7 Å². The van der Waals surface area contributed by atoms with Crippen molar-refractivity contribution in [1.82, 2.24) is 15.3 Å². The van der Waals surface area contributed by atoms with Gasteiger partial charge in [-0.1, -0.05) is 18.2 Å². The normalized spacial score (nSPS) is 11.6. The Bertz CT molecular complexity index is 1130. The maximum Gasteiger partial charge on any atom is 0.416 e. The molecule has 0 aliphatic heterocycles. The first-order valence-electron chi connectivity index (χ1n) is 8.75. The molecule has 0 radical (unpaired) electrons. The summed E-state index contributed by atoms with van der Waals surface area (Å²) in [5, 5.41) is 6.96. The summed E-state index contributed by atoms with van der Waals surface area (Å²) in [6.07, 6.45) is -2.81. The van der Waals surface area contributed by atoms with Crippen molar-refractivity contribution >= 4 is 28.6 Å². The van der Waals surface area contributed by atoms with Crippen LogP contribution in [0.3, 0.4) is 0 Å². The van der Waals surface area contributed by atoms with Crippen molar-refractivity contribution in [3.05, 3.63) is 70.4 Å². The van der Waals surface area contributed by atoms with E-state index in [1.54, 1.807) is 5.38 Å². The molecular weight excluding hydrogens is 435 g/mol. The predicted octanol–water partition coefficient (Wildman–Crippen LogP) is 5.40. The number of nitrogens with one attached hydrogen (secondary N) is 1. The molecule has 0 spiro atoms. The minimum Gasteiger partial charge on any atom is -0.443 e. The van der Waals surface area contributed by atoms with Crippen LogP contribution in [0.25, 0.3) is 21.3 Å². The Kier molecular flexibility index (Phi) is 5.69. The molecule has 0 bridgehead atoms. The molecule has 0 aliphatic carbocycles. The van der Waals surface area contributed by atoms with Crippen LogP contribution in [0.15, 0.2) is 57.8 Å². The number of carbonyl (C=O) groups is 1. The molecule has 10 heteroatoms. The van der Waals surface area contributed by atoms with E-state index >= 15 is 0 Å². The van der Waals surface area contributed by atoms with E-state index in [-0.39, 0.29) is 18.9 Å². The van der Waals surface area contributed by atoms with Crippen LogP contribution in [0.2, 0.25) is 0 Å². The molecule has 1 N–H and O–H groups in total. The van der Waals surface area contributed by atoms with Gasteiger partial charge in [0.15, 0.2) is 0 Å². The third kappa shape index (κ3) is 4.77. The van der Waals surface area contributed by atoms with Crippen molar-refractivity contribution in [2.75, 3.05) is 0 Å². The predicted molar refractivity (Wildman–Crippen MR) is 108 cm³/mol. The number of alkyl halides is 3. The van der Waals surface area contributed by atoms with Crippen LogP contribution in [0.5, 0.6) is 0 Å². The van der Waals surface area contributed by atoms with Crippen molar-refractivity contribution in [3.8, 4) is 21.3 Å². The second kappa shape index (κ2) is 8.41. The van der Waals surface area contributed by atoms with Crippen LogP contribution in [0.1, 0.15) is 17.0 Å². The fourth-order valence-corrected chi connectivity index (χ4v) is 4.12. The molecule has 5 nitrogen and oxygen atoms in total. The summed E-state index contributed by atoms with van der Waals surface area (Å²) in [4.78, 5) is 21.8. The van der Waals surface area contributed by atoms with E-state index in [0.717, 1.165) is 17.0 Å². The summed E-state index contributed by atoms with van der Waals surface area (Å²) in [5.41, 5.74) is 1.02. The van der Waals surface area contributed by atoms with E-state index in [2.05, 4.69) is 15.3 Å². The second-order valence-electron chi connectivity index (χ2n) is 6.29. The second-order valence-corrected chi connectivity index (χ2v) is 8.10. The monoisotopic (exact) mass is 449 g/mol. The fourth-order valence-electron chi connectivity index (χ4n) is 2.64. The zero-order valence-electron chi connectivity index (χ0n) is 15.3. The molecule has 154 valence electrons. The van der Waals surface area contributed by atoms with Crippen molar-refractivity contribution in [1.29, 1.82) is 0 Å². The summed E-state index contributed by atoms with van der Waals surface area (Å²) < 4.78 is 43.4. The summed E-state index contributed by atoms with van der Waals surface area (Å²) in [6, 6.07) is 8.59. The van der Waals surface area contributed by atoms with Crippen LogP contribution < -0.4 is 5.32 Å². The lowest BCUT2D eigenvalue weighted by molar-refractivity contribution is -0.137. The molecule has 0 saturated carbocycles. The lowest BCUT2D eigenvalue weighted by atomic mass is 10.1. The molecule has 0 unspecified atom stereocenters. The van der Waals surface area contributed by atoms with E-state index in [0.29, 0.717) is 27.8 Å². The van der Waals surface area contributed by atoms with Gasteiger partial charge in [-0.15, -0.1) is 22.7 Å². The largest absolute Gasteiger partial charge is 0.443 e. The van der Waals surface area contributed by atoms with Crippen molar-refractivity contribution in [3.63, 3.8) is 0 Å². The average molecular weight is 449 g/mol. The Balaban J connectivity index is 1.33. The third-order valence-corrected chi connectivity index (χ3v) is 5.90. The topological polar surface area (TPSA) is 68.0 Å². The first kappa shape index (κ1) is 20.3. The summed E-state index contributed by atoms with van der Waals surface area (Å²) in [5.74, 6) is 0.273. The van der Waals surface area contributed by atoms with Crippen LogP contribution in [-0.2, 0) is 23.9 Å². The van der Waals surface area contributed by atoms with Gasteiger partial charge >= 0.3 is 6.18 Å². The standard InChI is InChI=1S/C20H14F3N3O2S2/c21-20(22,23)13-5-3-12(4-6-13)19-26-14(11-30-19)8-17(27)24-9-15-10-28-18(25-15)16-2-1-7-29-16/h1-7,10-11H,8-9H2,(H,24,27). The van der Waals surface area contributed by atoms with Crippen LogP contribution in [0.4, 0.5) is 13.2 Å². The molecule has 0 aliphatic rings. The highest BCUT2D eigenvalue weighted by Gasteiger charge is 2.30.